The number of ether oxygens (including phenoxy) is 2. The molecule has 52 heavy (non-hydrogen) atoms. The summed E-state index contributed by atoms with van der Waals surface area (Å²) in [5, 5.41) is 11.7. The number of carbonyl (C=O) groups is 4. The lowest BCUT2D eigenvalue weighted by Crippen LogP contribution is -2.44. The van der Waals surface area contributed by atoms with Gasteiger partial charge in [0.2, 0.25) is 17.7 Å². The number of alkyl halides is 3. The minimum atomic E-state index is -4.63. The van der Waals surface area contributed by atoms with Gasteiger partial charge >= 0.3 is 18.2 Å². The number of halogens is 4. The SMILES string of the molecule is COC(=O)[C@H](CCNC(=O)C(=O)CC1CCCCC1)NC(=O)c1ccc(Nc2nc(NC3(c4ccc(Cl)cc4)CC3)nc(OCC(F)(F)F)n2)cc1. The van der Waals surface area contributed by atoms with Crippen molar-refractivity contribution in [2.24, 2.45) is 5.92 Å². The predicted octanol–water partition coefficient (Wildman–Crippen LogP) is 5.63. The van der Waals surface area contributed by atoms with Crippen LogP contribution < -0.4 is 26.0 Å². The lowest BCUT2D eigenvalue weighted by Gasteiger charge is -2.20. The van der Waals surface area contributed by atoms with E-state index in [4.69, 9.17) is 21.1 Å². The molecule has 1 aromatic heterocycles. The Bertz CT molecular complexity index is 1730. The van der Waals surface area contributed by atoms with Crippen molar-refractivity contribution in [3.05, 3.63) is 64.7 Å². The van der Waals surface area contributed by atoms with Gasteiger partial charge < -0.3 is 30.7 Å². The van der Waals surface area contributed by atoms with Crippen LogP contribution >= 0.6 is 11.6 Å². The fraction of sp³-hybridized carbons (Fsp3) is 0.457. The average Bonchev–Trinajstić information content (AvgIpc) is 3.90. The summed E-state index contributed by atoms with van der Waals surface area (Å²) < 4.78 is 48.5. The molecule has 2 aromatic carbocycles. The van der Waals surface area contributed by atoms with E-state index in [9.17, 15) is 32.3 Å². The maximum Gasteiger partial charge on any atom is 0.422 e. The Morgan fingerprint density at radius 2 is 1.62 bits per heavy atom. The first-order chi connectivity index (χ1) is 24.8. The molecular formula is C35H39ClF3N7O6. The number of Topliss-reactive ketones (excluding diaryl/α,β-unsaturated/α-hetero) is 1. The van der Waals surface area contributed by atoms with Gasteiger partial charge in [-0.1, -0.05) is 55.8 Å². The summed E-state index contributed by atoms with van der Waals surface area (Å²) >= 11 is 6.03. The van der Waals surface area contributed by atoms with Crippen molar-refractivity contribution in [2.75, 3.05) is 30.9 Å². The third kappa shape index (κ3) is 11.0. The first-order valence-corrected chi connectivity index (χ1v) is 17.3. The first kappa shape index (κ1) is 38.2. The molecule has 5 rings (SSSR count). The number of hydrogen-bond donors (Lipinski definition) is 4. The molecule has 0 unspecified atom stereocenters. The summed E-state index contributed by atoms with van der Waals surface area (Å²) in [7, 11) is 1.16. The second-order valence-electron chi connectivity index (χ2n) is 12.8. The lowest BCUT2D eigenvalue weighted by atomic mass is 9.86. The molecule has 0 radical (unpaired) electrons. The molecule has 0 saturated heterocycles. The topological polar surface area (TPSA) is 174 Å². The van der Waals surface area contributed by atoms with Crippen molar-refractivity contribution in [1.29, 1.82) is 0 Å². The smallest absolute Gasteiger partial charge is 0.422 e. The van der Waals surface area contributed by atoms with Gasteiger partial charge in [-0.2, -0.15) is 28.1 Å². The van der Waals surface area contributed by atoms with Gasteiger partial charge in [0.15, 0.2) is 6.61 Å². The monoisotopic (exact) mass is 745 g/mol. The number of methoxy groups -OCH3 is 1. The number of ketones is 1. The van der Waals surface area contributed by atoms with Gasteiger partial charge in [0.1, 0.15) is 6.04 Å². The molecule has 13 nitrogen and oxygen atoms in total. The Morgan fingerprint density at radius 3 is 2.25 bits per heavy atom. The van der Waals surface area contributed by atoms with Crippen LogP contribution in [0.5, 0.6) is 6.01 Å². The molecule has 4 N–H and O–H groups in total. The molecule has 278 valence electrons. The van der Waals surface area contributed by atoms with E-state index in [0.717, 1.165) is 57.6 Å². The summed E-state index contributed by atoms with van der Waals surface area (Å²) in [5.41, 5.74) is 0.896. The van der Waals surface area contributed by atoms with Crippen LogP contribution in [-0.4, -0.2) is 71.0 Å². The van der Waals surface area contributed by atoms with E-state index < -0.39 is 53.9 Å². The van der Waals surface area contributed by atoms with Gasteiger partial charge in [-0.25, -0.2) is 4.79 Å². The van der Waals surface area contributed by atoms with E-state index >= 15 is 0 Å². The molecule has 1 atom stereocenters. The van der Waals surface area contributed by atoms with Gasteiger partial charge in [0.05, 0.1) is 12.6 Å². The summed E-state index contributed by atoms with van der Waals surface area (Å²) in [4.78, 5) is 62.5. The van der Waals surface area contributed by atoms with E-state index in [1.54, 1.807) is 12.1 Å². The van der Waals surface area contributed by atoms with Crippen LogP contribution in [0, 0.1) is 5.92 Å². The number of amides is 2. The fourth-order valence-electron chi connectivity index (χ4n) is 5.91. The number of aromatic nitrogens is 3. The standard InChI is InChI=1S/C35H39ClF3N7O6/c1-51-30(50)26(15-18-40-29(49)27(47)19-21-5-3-2-4-6-21)42-28(48)22-7-13-25(14-8-22)41-31-43-32(45-33(44-31)52-20-35(37,38)39)46-34(16-17-34)23-9-11-24(36)12-10-23/h7-14,21,26H,2-6,15-20H2,1H3,(H,40,49)(H,42,48)(H2,41,43,44,45,46)/t26-/m0/s1. The van der Waals surface area contributed by atoms with Gasteiger partial charge in [-0.15, -0.1) is 0 Å². The summed E-state index contributed by atoms with van der Waals surface area (Å²) in [6.45, 7) is -1.66. The Balaban J connectivity index is 1.20. The number of esters is 1. The van der Waals surface area contributed by atoms with Crippen molar-refractivity contribution < 1.29 is 41.8 Å². The molecular weight excluding hydrogens is 707 g/mol. The largest absolute Gasteiger partial charge is 0.467 e. The predicted molar refractivity (Wildman–Crippen MR) is 184 cm³/mol. The van der Waals surface area contributed by atoms with Crippen molar-refractivity contribution >= 4 is 52.8 Å². The van der Waals surface area contributed by atoms with Crippen molar-refractivity contribution in [3.8, 4) is 6.01 Å². The summed E-state index contributed by atoms with van der Waals surface area (Å²) in [6, 6.07) is 11.4. The second kappa shape index (κ2) is 17.0. The summed E-state index contributed by atoms with van der Waals surface area (Å²) in [6.07, 6.45) is 2.08. The number of rotatable bonds is 16. The Morgan fingerprint density at radius 1 is 0.942 bits per heavy atom. The van der Waals surface area contributed by atoms with E-state index in [-0.39, 0.29) is 42.8 Å². The number of hydrogen-bond acceptors (Lipinski definition) is 11. The number of nitrogens with one attached hydrogen (secondary N) is 4. The van der Waals surface area contributed by atoms with Crippen LogP contribution in [0.1, 0.15) is 73.7 Å². The van der Waals surface area contributed by atoms with E-state index in [0.29, 0.717) is 10.7 Å². The van der Waals surface area contributed by atoms with Gasteiger partial charge in [0.25, 0.3) is 11.8 Å². The number of carbonyl (C=O) groups excluding carboxylic acids is 4. The highest BCUT2D eigenvalue weighted by molar-refractivity contribution is 6.36. The molecule has 2 fully saturated rings. The molecule has 0 aliphatic heterocycles. The minimum absolute atomic E-state index is 0.0169. The highest BCUT2D eigenvalue weighted by Crippen LogP contribution is 2.48. The summed E-state index contributed by atoms with van der Waals surface area (Å²) in [5.74, 6) is -2.51. The molecule has 2 amide bonds. The van der Waals surface area contributed by atoms with Gasteiger partial charge in [-0.05, 0) is 67.1 Å². The molecule has 17 heteroatoms. The second-order valence-corrected chi connectivity index (χ2v) is 13.2. The zero-order valence-corrected chi connectivity index (χ0v) is 29.1. The minimum Gasteiger partial charge on any atom is -0.467 e. The van der Waals surface area contributed by atoms with E-state index in [1.165, 1.54) is 24.3 Å². The van der Waals surface area contributed by atoms with Gasteiger partial charge in [-0.3, -0.25) is 14.4 Å². The van der Waals surface area contributed by atoms with Crippen molar-refractivity contribution in [2.45, 2.75) is 75.5 Å². The highest BCUT2D eigenvalue weighted by Gasteiger charge is 2.45. The highest BCUT2D eigenvalue weighted by atomic mass is 35.5. The molecule has 1 heterocycles. The van der Waals surface area contributed by atoms with Crippen LogP contribution in [0.4, 0.5) is 30.8 Å². The first-order valence-electron chi connectivity index (χ1n) is 16.9. The van der Waals surface area contributed by atoms with E-state index in [1.807, 2.05) is 12.1 Å². The van der Waals surface area contributed by atoms with Crippen LogP contribution in [0.25, 0.3) is 0 Å². The lowest BCUT2D eigenvalue weighted by molar-refractivity contribution is -0.154. The van der Waals surface area contributed by atoms with Crippen LogP contribution in [-0.2, 0) is 24.7 Å². The molecule has 2 aliphatic carbocycles. The molecule has 2 aliphatic rings. The van der Waals surface area contributed by atoms with E-state index in [2.05, 4.69) is 36.2 Å². The third-order valence-electron chi connectivity index (χ3n) is 8.84. The fourth-order valence-corrected chi connectivity index (χ4v) is 6.04. The molecule has 0 bridgehead atoms. The Labute approximate surface area is 302 Å². The van der Waals surface area contributed by atoms with Crippen molar-refractivity contribution in [1.82, 2.24) is 25.6 Å². The molecule has 0 spiro atoms. The zero-order chi connectivity index (χ0) is 37.3. The van der Waals surface area contributed by atoms with Crippen LogP contribution in [0.2, 0.25) is 5.02 Å². The normalized spacial score (nSPS) is 15.9. The molecule has 3 aromatic rings. The molecule has 2 saturated carbocycles. The quantitative estimate of drug-likeness (QED) is 0.106. The Hall–Kier alpha value is -4.99. The number of anilines is 3. The number of nitrogens with zero attached hydrogens (tertiary/aromatic N) is 3. The maximum atomic E-state index is 13.1. The van der Waals surface area contributed by atoms with Gasteiger partial charge in [0, 0.05) is 29.2 Å². The van der Waals surface area contributed by atoms with Crippen LogP contribution in [0.15, 0.2) is 48.5 Å². The maximum absolute atomic E-state index is 13.1. The van der Waals surface area contributed by atoms with Crippen molar-refractivity contribution in [3.63, 3.8) is 0 Å². The van der Waals surface area contributed by atoms with Crippen LogP contribution in [0.3, 0.4) is 0 Å². The zero-order valence-electron chi connectivity index (χ0n) is 28.4. The number of benzene rings is 2. The third-order valence-corrected chi connectivity index (χ3v) is 9.09. The Kier molecular flexibility index (Phi) is 12.5. The average molecular weight is 746 g/mol.